The molecule has 2 aliphatic rings. The van der Waals surface area contributed by atoms with Gasteiger partial charge in [0.1, 0.15) is 18.2 Å². The SMILES string of the molecule is C[C@H]1CCc2c(sc(NC(=O)c3ccc4c(c3)OCCO4)c2C(N)=O)C1. The summed E-state index contributed by atoms with van der Waals surface area (Å²) in [7, 11) is 0. The van der Waals surface area contributed by atoms with Crippen molar-refractivity contribution in [2.75, 3.05) is 18.5 Å². The van der Waals surface area contributed by atoms with Gasteiger partial charge in [-0.05, 0) is 48.9 Å². The molecule has 1 atom stereocenters. The Morgan fingerprint density at radius 3 is 2.77 bits per heavy atom. The van der Waals surface area contributed by atoms with Crippen LogP contribution in [0.3, 0.4) is 0 Å². The Bertz CT molecular complexity index is 890. The van der Waals surface area contributed by atoms with Crippen molar-refractivity contribution < 1.29 is 19.1 Å². The summed E-state index contributed by atoms with van der Waals surface area (Å²) in [6.45, 7) is 3.15. The van der Waals surface area contributed by atoms with Crippen molar-refractivity contribution in [3.05, 3.63) is 39.8 Å². The molecule has 1 aliphatic carbocycles. The van der Waals surface area contributed by atoms with E-state index in [1.165, 1.54) is 11.3 Å². The van der Waals surface area contributed by atoms with E-state index in [1.807, 2.05) is 0 Å². The molecule has 136 valence electrons. The predicted octanol–water partition coefficient (Wildman–Crippen LogP) is 3.00. The lowest BCUT2D eigenvalue weighted by Gasteiger charge is -2.18. The first kappa shape index (κ1) is 16.9. The molecule has 0 fully saturated rings. The number of ether oxygens (including phenoxy) is 2. The number of hydrogen-bond donors (Lipinski definition) is 2. The van der Waals surface area contributed by atoms with Crippen LogP contribution in [-0.4, -0.2) is 25.0 Å². The maximum atomic E-state index is 12.7. The molecule has 0 radical (unpaired) electrons. The summed E-state index contributed by atoms with van der Waals surface area (Å²) in [4.78, 5) is 25.8. The van der Waals surface area contributed by atoms with Crippen LogP contribution in [-0.2, 0) is 12.8 Å². The molecular formula is C19H20N2O4S. The molecule has 26 heavy (non-hydrogen) atoms. The molecule has 0 unspecified atom stereocenters. The van der Waals surface area contributed by atoms with E-state index in [0.29, 0.717) is 46.8 Å². The first-order chi connectivity index (χ1) is 12.5. The fraction of sp³-hybridized carbons (Fsp3) is 0.368. The normalized spacial score (nSPS) is 18.1. The molecule has 1 aromatic heterocycles. The van der Waals surface area contributed by atoms with Crippen LogP contribution in [0.15, 0.2) is 18.2 Å². The molecule has 1 aliphatic heterocycles. The number of carbonyl (C=O) groups is 2. The Morgan fingerprint density at radius 1 is 1.23 bits per heavy atom. The van der Waals surface area contributed by atoms with Gasteiger partial charge in [-0.15, -0.1) is 11.3 Å². The van der Waals surface area contributed by atoms with Crippen molar-refractivity contribution in [1.82, 2.24) is 0 Å². The number of hydrogen-bond acceptors (Lipinski definition) is 5. The molecule has 7 heteroatoms. The van der Waals surface area contributed by atoms with E-state index in [9.17, 15) is 9.59 Å². The van der Waals surface area contributed by atoms with Crippen LogP contribution >= 0.6 is 11.3 Å². The number of nitrogens with one attached hydrogen (secondary N) is 1. The number of fused-ring (bicyclic) bond motifs is 2. The molecule has 2 aromatic rings. The van der Waals surface area contributed by atoms with E-state index in [1.54, 1.807) is 18.2 Å². The third kappa shape index (κ3) is 3.03. The van der Waals surface area contributed by atoms with Gasteiger partial charge in [-0.2, -0.15) is 0 Å². The van der Waals surface area contributed by atoms with Gasteiger partial charge in [-0.25, -0.2) is 0 Å². The second-order valence-electron chi connectivity index (χ2n) is 6.73. The van der Waals surface area contributed by atoms with Crippen LogP contribution in [0.2, 0.25) is 0 Å². The highest BCUT2D eigenvalue weighted by Gasteiger charge is 2.27. The standard InChI is InChI=1S/C19H20N2O4S/c1-10-2-4-12-15(8-10)26-19(16(12)17(20)22)21-18(23)11-3-5-13-14(9-11)25-7-6-24-13/h3,5,9-10H,2,4,6-8H2,1H3,(H2,20,22)(H,21,23)/t10-/m0/s1. The van der Waals surface area contributed by atoms with Crippen LogP contribution in [0.25, 0.3) is 0 Å². The minimum Gasteiger partial charge on any atom is -0.486 e. The minimum atomic E-state index is -0.491. The molecule has 0 bridgehead atoms. The van der Waals surface area contributed by atoms with Gasteiger partial charge in [0.15, 0.2) is 11.5 Å². The van der Waals surface area contributed by atoms with Crippen molar-refractivity contribution in [2.24, 2.45) is 11.7 Å². The number of anilines is 1. The summed E-state index contributed by atoms with van der Waals surface area (Å²) in [6, 6.07) is 5.06. The van der Waals surface area contributed by atoms with Gasteiger partial charge in [-0.3, -0.25) is 9.59 Å². The quantitative estimate of drug-likeness (QED) is 0.866. The van der Waals surface area contributed by atoms with E-state index in [-0.39, 0.29) is 5.91 Å². The van der Waals surface area contributed by atoms with E-state index in [0.717, 1.165) is 29.7 Å². The number of primary amides is 1. The third-order valence-corrected chi connectivity index (χ3v) is 5.96. The summed E-state index contributed by atoms with van der Waals surface area (Å²) in [5.74, 6) is 0.971. The minimum absolute atomic E-state index is 0.295. The first-order valence-corrected chi connectivity index (χ1v) is 9.50. The zero-order valence-corrected chi connectivity index (χ0v) is 15.3. The number of rotatable bonds is 3. The van der Waals surface area contributed by atoms with E-state index in [2.05, 4.69) is 12.2 Å². The fourth-order valence-corrected chi connectivity index (χ4v) is 4.87. The molecule has 1 aromatic carbocycles. The largest absolute Gasteiger partial charge is 0.486 e. The van der Waals surface area contributed by atoms with Crippen LogP contribution < -0.4 is 20.5 Å². The molecule has 4 rings (SSSR count). The summed E-state index contributed by atoms with van der Waals surface area (Å²) in [5.41, 5.74) is 7.51. The average molecular weight is 372 g/mol. The monoisotopic (exact) mass is 372 g/mol. The Labute approximate surface area is 155 Å². The summed E-state index contributed by atoms with van der Waals surface area (Å²) in [5, 5.41) is 3.41. The lowest BCUT2D eigenvalue weighted by atomic mass is 9.88. The van der Waals surface area contributed by atoms with Crippen LogP contribution in [0.4, 0.5) is 5.00 Å². The van der Waals surface area contributed by atoms with E-state index >= 15 is 0 Å². The van der Waals surface area contributed by atoms with Crippen molar-refractivity contribution in [2.45, 2.75) is 26.2 Å². The lowest BCUT2D eigenvalue weighted by Crippen LogP contribution is -2.20. The van der Waals surface area contributed by atoms with Crippen molar-refractivity contribution in [1.29, 1.82) is 0 Å². The molecule has 0 saturated heterocycles. The van der Waals surface area contributed by atoms with Crippen molar-refractivity contribution >= 4 is 28.2 Å². The lowest BCUT2D eigenvalue weighted by molar-refractivity contribution is 0.1000. The summed E-state index contributed by atoms with van der Waals surface area (Å²) in [6.07, 6.45) is 2.77. The number of amides is 2. The third-order valence-electron chi connectivity index (χ3n) is 4.79. The Morgan fingerprint density at radius 2 is 2.00 bits per heavy atom. The smallest absolute Gasteiger partial charge is 0.256 e. The molecule has 2 heterocycles. The van der Waals surface area contributed by atoms with E-state index < -0.39 is 5.91 Å². The number of thiophene rings is 1. The molecule has 3 N–H and O–H groups in total. The number of carbonyl (C=O) groups excluding carboxylic acids is 2. The van der Waals surface area contributed by atoms with Crippen LogP contribution in [0, 0.1) is 5.92 Å². The Hall–Kier alpha value is -2.54. The molecular weight excluding hydrogens is 352 g/mol. The van der Waals surface area contributed by atoms with Crippen molar-refractivity contribution in [3.8, 4) is 11.5 Å². The van der Waals surface area contributed by atoms with Gasteiger partial charge in [0.05, 0.1) is 5.56 Å². The molecule has 6 nitrogen and oxygen atoms in total. The topological polar surface area (TPSA) is 90.7 Å². The first-order valence-electron chi connectivity index (χ1n) is 8.68. The van der Waals surface area contributed by atoms with Gasteiger partial charge >= 0.3 is 0 Å². The van der Waals surface area contributed by atoms with Gasteiger partial charge in [-0.1, -0.05) is 6.92 Å². The van der Waals surface area contributed by atoms with Gasteiger partial charge < -0.3 is 20.5 Å². The van der Waals surface area contributed by atoms with Crippen molar-refractivity contribution in [3.63, 3.8) is 0 Å². The highest BCUT2D eigenvalue weighted by Crippen LogP contribution is 2.40. The van der Waals surface area contributed by atoms with Gasteiger partial charge in [0.25, 0.3) is 11.8 Å². The maximum absolute atomic E-state index is 12.7. The number of nitrogens with two attached hydrogens (primary N) is 1. The Balaban J connectivity index is 1.63. The number of benzene rings is 1. The van der Waals surface area contributed by atoms with Gasteiger partial charge in [0.2, 0.25) is 0 Å². The highest BCUT2D eigenvalue weighted by atomic mass is 32.1. The average Bonchev–Trinajstić information content (AvgIpc) is 2.98. The maximum Gasteiger partial charge on any atom is 0.256 e. The zero-order valence-electron chi connectivity index (χ0n) is 14.5. The van der Waals surface area contributed by atoms with Gasteiger partial charge in [0, 0.05) is 10.4 Å². The zero-order chi connectivity index (χ0) is 18.3. The molecule has 0 spiro atoms. The van der Waals surface area contributed by atoms with Crippen LogP contribution in [0.1, 0.15) is 44.5 Å². The molecule has 2 amide bonds. The van der Waals surface area contributed by atoms with E-state index in [4.69, 9.17) is 15.2 Å². The summed E-state index contributed by atoms with van der Waals surface area (Å²) < 4.78 is 11.0. The fourth-order valence-electron chi connectivity index (χ4n) is 3.46. The predicted molar refractivity (Wildman–Crippen MR) is 99.4 cm³/mol. The second-order valence-corrected chi connectivity index (χ2v) is 7.84. The molecule has 0 saturated carbocycles. The highest BCUT2D eigenvalue weighted by molar-refractivity contribution is 7.17. The summed E-state index contributed by atoms with van der Waals surface area (Å²) >= 11 is 1.46. The Kier molecular flexibility index (Phi) is 4.32. The van der Waals surface area contributed by atoms with Crippen LogP contribution in [0.5, 0.6) is 11.5 Å². The second kappa shape index (κ2) is 6.64.